The van der Waals surface area contributed by atoms with E-state index in [0.717, 1.165) is 19.4 Å². The predicted octanol–water partition coefficient (Wildman–Crippen LogP) is 1.99. The first-order valence-electron chi connectivity index (χ1n) is 5.17. The molecule has 0 radical (unpaired) electrons. The molecule has 1 aromatic heterocycles. The molecule has 1 unspecified atom stereocenters. The number of aryl methyl sites for hydroxylation is 1. The third-order valence-electron chi connectivity index (χ3n) is 2.48. The minimum Gasteiger partial charge on any atom is -0.339 e. The van der Waals surface area contributed by atoms with Gasteiger partial charge < -0.3 is 9.84 Å². The normalized spacial score (nSPS) is 21.6. The summed E-state index contributed by atoms with van der Waals surface area (Å²) in [7, 11) is 0. The summed E-state index contributed by atoms with van der Waals surface area (Å²) in [5.74, 6) is 0.524. The Labute approximate surface area is 90.2 Å². The second-order valence-corrected chi connectivity index (χ2v) is 3.81. The van der Waals surface area contributed by atoms with Gasteiger partial charge in [0.25, 0.3) is 0 Å². The monoisotopic (exact) mass is 235 g/mol. The van der Waals surface area contributed by atoms with Gasteiger partial charge in [0.1, 0.15) is 0 Å². The van der Waals surface area contributed by atoms with Gasteiger partial charge in [-0.3, -0.25) is 0 Å². The van der Waals surface area contributed by atoms with Gasteiger partial charge in [-0.05, 0) is 19.4 Å². The van der Waals surface area contributed by atoms with Crippen molar-refractivity contribution in [3.8, 4) is 0 Å². The van der Waals surface area contributed by atoms with Crippen LogP contribution in [0, 0.1) is 0 Å². The lowest BCUT2D eigenvalue weighted by Gasteiger charge is -2.02. The van der Waals surface area contributed by atoms with Crippen LogP contribution in [-0.4, -0.2) is 22.9 Å². The molecule has 1 fully saturated rings. The van der Waals surface area contributed by atoms with Crippen molar-refractivity contribution in [3.63, 3.8) is 0 Å². The first-order valence-corrected chi connectivity index (χ1v) is 5.17. The lowest BCUT2D eigenvalue weighted by atomic mass is 10.2. The van der Waals surface area contributed by atoms with E-state index in [2.05, 4.69) is 15.5 Å². The van der Waals surface area contributed by atoms with E-state index in [4.69, 9.17) is 4.52 Å². The van der Waals surface area contributed by atoms with E-state index in [1.807, 2.05) is 0 Å². The van der Waals surface area contributed by atoms with Gasteiger partial charge >= 0.3 is 6.18 Å². The molecule has 2 rings (SSSR count). The summed E-state index contributed by atoms with van der Waals surface area (Å²) < 4.78 is 40.6. The fourth-order valence-electron chi connectivity index (χ4n) is 1.66. The molecular weight excluding hydrogens is 223 g/mol. The lowest BCUT2D eigenvalue weighted by molar-refractivity contribution is -0.134. The molecule has 1 aromatic rings. The van der Waals surface area contributed by atoms with E-state index in [9.17, 15) is 13.2 Å². The van der Waals surface area contributed by atoms with E-state index in [-0.39, 0.29) is 18.4 Å². The highest BCUT2D eigenvalue weighted by Gasteiger charge is 2.28. The molecule has 1 aliphatic rings. The van der Waals surface area contributed by atoms with E-state index in [1.165, 1.54) is 0 Å². The van der Waals surface area contributed by atoms with E-state index >= 15 is 0 Å². The molecule has 0 aliphatic carbocycles. The number of nitrogens with zero attached hydrogens (tertiary/aromatic N) is 2. The number of hydrogen-bond acceptors (Lipinski definition) is 4. The maximum atomic E-state index is 11.9. The summed E-state index contributed by atoms with van der Waals surface area (Å²) >= 11 is 0. The second-order valence-electron chi connectivity index (χ2n) is 3.81. The largest absolute Gasteiger partial charge is 0.389 e. The third-order valence-corrected chi connectivity index (χ3v) is 2.48. The van der Waals surface area contributed by atoms with Crippen molar-refractivity contribution >= 4 is 0 Å². The molecule has 0 aromatic carbocycles. The van der Waals surface area contributed by atoms with Crippen LogP contribution in [0.2, 0.25) is 0 Å². The summed E-state index contributed by atoms with van der Waals surface area (Å²) in [6.07, 6.45) is -3.43. The van der Waals surface area contributed by atoms with Crippen molar-refractivity contribution in [3.05, 3.63) is 11.7 Å². The van der Waals surface area contributed by atoms with Gasteiger partial charge in [0.05, 0.1) is 12.5 Å². The summed E-state index contributed by atoms with van der Waals surface area (Å²) in [6.45, 7) is 0.886. The zero-order chi connectivity index (χ0) is 11.6. The average Bonchev–Trinajstić information content (AvgIpc) is 2.84. The molecule has 0 saturated carbocycles. The maximum Gasteiger partial charge on any atom is 0.389 e. The summed E-state index contributed by atoms with van der Waals surface area (Å²) in [5, 5.41) is 6.83. The maximum absolute atomic E-state index is 11.9. The molecule has 1 saturated heterocycles. The summed E-state index contributed by atoms with van der Waals surface area (Å²) in [5.41, 5.74) is 0. The standard InChI is InChI=1S/C9H12F3N3O/c10-9(11,12)4-3-7-14-8(15-16-7)6-2-1-5-13-6/h6,13H,1-5H2. The highest BCUT2D eigenvalue weighted by molar-refractivity contribution is 4.96. The molecule has 1 N–H and O–H groups in total. The molecular formula is C9H12F3N3O. The molecule has 1 aliphatic heterocycles. The number of rotatable bonds is 3. The molecule has 90 valence electrons. The Kier molecular flexibility index (Phi) is 3.13. The predicted molar refractivity (Wildman–Crippen MR) is 48.7 cm³/mol. The highest BCUT2D eigenvalue weighted by Crippen LogP contribution is 2.23. The van der Waals surface area contributed by atoms with Crippen molar-refractivity contribution in [1.29, 1.82) is 0 Å². The van der Waals surface area contributed by atoms with Gasteiger partial charge in [0, 0.05) is 6.42 Å². The van der Waals surface area contributed by atoms with Gasteiger partial charge in [0.15, 0.2) is 5.82 Å². The van der Waals surface area contributed by atoms with E-state index < -0.39 is 12.6 Å². The Balaban J connectivity index is 1.91. The molecule has 0 spiro atoms. The number of hydrogen-bond donors (Lipinski definition) is 1. The van der Waals surface area contributed by atoms with E-state index in [1.54, 1.807) is 0 Å². The van der Waals surface area contributed by atoms with Crippen molar-refractivity contribution in [2.45, 2.75) is 37.9 Å². The quantitative estimate of drug-likeness (QED) is 0.870. The lowest BCUT2D eigenvalue weighted by Crippen LogP contribution is -2.14. The van der Waals surface area contributed by atoms with Crippen LogP contribution in [0.15, 0.2) is 4.52 Å². The fourth-order valence-corrected chi connectivity index (χ4v) is 1.66. The minimum absolute atomic E-state index is 0.0309. The molecule has 7 heteroatoms. The van der Waals surface area contributed by atoms with Crippen LogP contribution >= 0.6 is 0 Å². The number of aromatic nitrogens is 2. The third kappa shape index (κ3) is 2.94. The zero-order valence-electron chi connectivity index (χ0n) is 8.55. The second kappa shape index (κ2) is 4.40. The van der Waals surface area contributed by atoms with Crippen LogP contribution in [0.1, 0.15) is 37.0 Å². The minimum atomic E-state index is -4.18. The Morgan fingerprint density at radius 3 is 2.88 bits per heavy atom. The van der Waals surface area contributed by atoms with Crippen molar-refractivity contribution in [2.75, 3.05) is 6.54 Å². The number of nitrogens with one attached hydrogen (secondary N) is 1. The van der Waals surface area contributed by atoms with Crippen LogP contribution in [0.25, 0.3) is 0 Å². The van der Waals surface area contributed by atoms with Gasteiger partial charge in [-0.2, -0.15) is 18.2 Å². The SMILES string of the molecule is FC(F)(F)CCc1nc(C2CCCN2)no1. The van der Waals surface area contributed by atoms with Crippen LogP contribution in [0.4, 0.5) is 13.2 Å². The Morgan fingerprint density at radius 2 is 2.25 bits per heavy atom. The fraction of sp³-hybridized carbons (Fsp3) is 0.778. The first-order chi connectivity index (χ1) is 7.54. The van der Waals surface area contributed by atoms with Crippen LogP contribution in [0.3, 0.4) is 0 Å². The number of alkyl halides is 3. The first kappa shape index (κ1) is 11.4. The molecule has 0 amide bonds. The van der Waals surface area contributed by atoms with Crippen LogP contribution < -0.4 is 5.32 Å². The smallest absolute Gasteiger partial charge is 0.339 e. The highest BCUT2D eigenvalue weighted by atomic mass is 19.4. The van der Waals surface area contributed by atoms with Crippen LogP contribution in [0.5, 0.6) is 0 Å². The average molecular weight is 235 g/mol. The summed E-state index contributed by atoms with van der Waals surface area (Å²) in [4.78, 5) is 3.96. The summed E-state index contributed by atoms with van der Waals surface area (Å²) in [6, 6.07) is 0.0309. The zero-order valence-corrected chi connectivity index (χ0v) is 8.55. The number of halogens is 3. The van der Waals surface area contributed by atoms with Gasteiger partial charge in [-0.25, -0.2) is 0 Å². The molecule has 0 bridgehead atoms. The topological polar surface area (TPSA) is 51.0 Å². The van der Waals surface area contributed by atoms with E-state index in [0.29, 0.717) is 5.82 Å². The van der Waals surface area contributed by atoms with Crippen LogP contribution in [-0.2, 0) is 6.42 Å². The molecule has 4 nitrogen and oxygen atoms in total. The molecule has 1 atom stereocenters. The van der Waals surface area contributed by atoms with Gasteiger partial charge in [-0.15, -0.1) is 0 Å². The van der Waals surface area contributed by atoms with Gasteiger partial charge in [0.2, 0.25) is 5.89 Å². The van der Waals surface area contributed by atoms with Crippen molar-refractivity contribution in [2.24, 2.45) is 0 Å². The molecule has 2 heterocycles. The van der Waals surface area contributed by atoms with Crippen molar-refractivity contribution in [1.82, 2.24) is 15.5 Å². The molecule has 16 heavy (non-hydrogen) atoms. The Morgan fingerprint density at radius 1 is 1.44 bits per heavy atom. The van der Waals surface area contributed by atoms with Crippen molar-refractivity contribution < 1.29 is 17.7 Å². The van der Waals surface area contributed by atoms with Gasteiger partial charge in [-0.1, -0.05) is 5.16 Å². The Hall–Kier alpha value is -1.11. The Bertz CT molecular complexity index is 344.